The molecule has 39 heavy (non-hydrogen) atoms. The van der Waals surface area contributed by atoms with Crippen molar-refractivity contribution in [2.24, 2.45) is 23.2 Å². The fraction of sp³-hybridized carbons (Fsp3) is 1.00. The fourth-order valence-electron chi connectivity index (χ4n) is 7.86. The van der Waals surface area contributed by atoms with Crippen LogP contribution in [-0.4, -0.2) is 102 Å². The fourth-order valence-corrected chi connectivity index (χ4v) is 7.86. The van der Waals surface area contributed by atoms with Crippen molar-refractivity contribution in [2.45, 2.75) is 151 Å². The van der Waals surface area contributed by atoms with Crippen LogP contribution in [0.15, 0.2) is 0 Å². The van der Waals surface area contributed by atoms with E-state index in [2.05, 4.69) is 110 Å². The minimum Gasteiger partial charge on any atom is -0.363 e. The summed E-state index contributed by atoms with van der Waals surface area (Å²) in [5, 5.41) is 0. The Morgan fingerprint density at radius 2 is 1.51 bits per heavy atom. The molecule has 3 saturated heterocycles. The van der Waals surface area contributed by atoms with Crippen LogP contribution in [0.4, 0.5) is 0 Å². The van der Waals surface area contributed by atoms with E-state index in [1.165, 1.54) is 32.4 Å². The van der Waals surface area contributed by atoms with Gasteiger partial charge in [-0.05, 0) is 85.1 Å². The van der Waals surface area contributed by atoms with Gasteiger partial charge in [-0.3, -0.25) is 19.6 Å². The molecule has 3 fully saturated rings. The summed E-state index contributed by atoms with van der Waals surface area (Å²) in [7, 11) is 2.30. The van der Waals surface area contributed by atoms with E-state index in [1.807, 2.05) is 0 Å². The van der Waals surface area contributed by atoms with E-state index in [9.17, 15) is 0 Å². The van der Waals surface area contributed by atoms with E-state index in [0.717, 1.165) is 26.1 Å². The molecule has 3 aliphatic heterocycles. The third kappa shape index (κ3) is 7.59. The Hall–Kier alpha value is -0.240. The van der Waals surface area contributed by atoms with E-state index in [4.69, 9.17) is 9.47 Å². The lowest BCUT2D eigenvalue weighted by Crippen LogP contribution is -2.58. The molecule has 0 spiro atoms. The molecule has 0 aliphatic carbocycles. The van der Waals surface area contributed by atoms with E-state index in [0.29, 0.717) is 42.0 Å². The van der Waals surface area contributed by atoms with Crippen LogP contribution in [0.5, 0.6) is 0 Å². The zero-order valence-electron chi connectivity index (χ0n) is 28.2. The highest BCUT2D eigenvalue weighted by Crippen LogP contribution is 2.45. The average Bonchev–Trinajstić information content (AvgIpc) is 3.02. The van der Waals surface area contributed by atoms with E-state index in [-0.39, 0.29) is 23.5 Å². The highest BCUT2D eigenvalue weighted by Gasteiger charge is 2.53. The summed E-state index contributed by atoms with van der Waals surface area (Å²) in [5.41, 5.74) is -0.245. The number of hydrogen-bond donors (Lipinski definition) is 0. The van der Waals surface area contributed by atoms with Crippen molar-refractivity contribution < 1.29 is 9.47 Å². The second-order valence-electron chi connectivity index (χ2n) is 15.5. The minimum absolute atomic E-state index is 0.0300. The predicted molar refractivity (Wildman–Crippen MR) is 165 cm³/mol. The van der Waals surface area contributed by atoms with Gasteiger partial charge in [-0.2, -0.15) is 0 Å². The Labute approximate surface area is 243 Å². The van der Waals surface area contributed by atoms with Crippen LogP contribution in [0.25, 0.3) is 0 Å². The van der Waals surface area contributed by atoms with Gasteiger partial charge in [-0.25, -0.2) is 0 Å². The minimum atomic E-state index is -0.275. The quantitative estimate of drug-likeness (QED) is 0.332. The molecule has 6 nitrogen and oxygen atoms in total. The molecule has 7 atom stereocenters. The van der Waals surface area contributed by atoms with E-state index >= 15 is 0 Å². The van der Waals surface area contributed by atoms with Gasteiger partial charge < -0.3 is 9.47 Å². The maximum atomic E-state index is 7.09. The molecule has 0 bridgehead atoms. The van der Waals surface area contributed by atoms with Gasteiger partial charge in [0.15, 0.2) is 0 Å². The van der Waals surface area contributed by atoms with E-state index < -0.39 is 0 Å². The molecule has 0 amide bonds. The topological polar surface area (TPSA) is 31.4 Å². The lowest BCUT2D eigenvalue weighted by atomic mass is 9.82. The monoisotopic (exact) mass is 551 g/mol. The van der Waals surface area contributed by atoms with Gasteiger partial charge in [0, 0.05) is 49.7 Å². The van der Waals surface area contributed by atoms with Crippen LogP contribution >= 0.6 is 0 Å². The van der Waals surface area contributed by atoms with Gasteiger partial charge >= 0.3 is 0 Å². The molecule has 6 heteroatoms. The van der Waals surface area contributed by atoms with Gasteiger partial charge in [-0.15, -0.1) is 0 Å². The van der Waals surface area contributed by atoms with Crippen LogP contribution in [-0.2, 0) is 9.47 Å². The molecule has 230 valence electrons. The molecule has 3 heterocycles. The Morgan fingerprint density at radius 3 is 2.08 bits per heavy atom. The summed E-state index contributed by atoms with van der Waals surface area (Å²) in [6, 6.07) is 1.48. The van der Waals surface area contributed by atoms with Gasteiger partial charge in [0.05, 0.1) is 18.9 Å². The Balaban J connectivity index is 1.70. The predicted octanol–water partition coefficient (Wildman–Crippen LogP) is 6.36. The van der Waals surface area contributed by atoms with Crippen molar-refractivity contribution in [1.82, 2.24) is 19.6 Å². The highest BCUT2D eigenvalue weighted by atomic mass is 16.5. The molecular formula is C33H66N4O2. The highest BCUT2D eigenvalue weighted by molar-refractivity contribution is 4.99. The lowest BCUT2D eigenvalue weighted by molar-refractivity contribution is -0.173. The SMILES string of the molecule is CC(C)C1OCC(CC(C)N2CC(CC(C)N3CCCN(C)C3C(C)C)OC2(C)C(C)(C)C)CCN1C(C)C. The molecule has 3 aliphatic rings. The van der Waals surface area contributed by atoms with E-state index in [1.54, 1.807) is 0 Å². The zero-order chi connectivity index (χ0) is 29.3. The molecule has 0 aromatic heterocycles. The van der Waals surface area contributed by atoms with Crippen molar-refractivity contribution >= 4 is 0 Å². The molecular weight excluding hydrogens is 484 g/mol. The maximum absolute atomic E-state index is 7.09. The summed E-state index contributed by atoms with van der Waals surface area (Å²) >= 11 is 0. The molecule has 3 rings (SSSR count). The van der Waals surface area contributed by atoms with Crippen molar-refractivity contribution in [3.8, 4) is 0 Å². The first-order valence-electron chi connectivity index (χ1n) is 16.3. The lowest BCUT2D eigenvalue weighted by Gasteiger charge is -2.48. The molecule has 0 aromatic carbocycles. The summed E-state index contributed by atoms with van der Waals surface area (Å²) in [4.78, 5) is 10.6. The normalized spacial score (nSPS) is 34.8. The third-order valence-electron chi connectivity index (χ3n) is 10.3. The first kappa shape index (κ1) is 33.3. The summed E-state index contributed by atoms with van der Waals surface area (Å²) < 4.78 is 13.7. The average molecular weight is 551 g/mol. The molecule has 0 radical (unpaired) electrons. The largest absolute Gasteiger partial charge is 0.363 e. The van der Waals surface area contributed by atoms with Crippen molar-refractivity contribution in [1.29, 1.82) is 0 Å². The van der Waals surface area contributed by atoms with Gasteiger partial charge in [-0.1, -0.05) is 48.5 Å². The second-order valence-corrected chi connectivity index (χ2v) is 15.5. The van der Waals surface area contributed by atoms with Gasteiger partial charge in [0.25, 0.3) is 0 Å². The van der Waals surface area contributed by atoms with Gasteiger partial charge in [0.2, 0.25) is 0 Å². The Kier molecular flexibility index (Phi) is 11.4. The molecule has 7 unspecified atom stereocenters. The Morgan fingerprint density at radius 1 is 0.846 bits per heavy atom. The van der Waals surface area contributed by atoms with Crippen LogP contribution in [0.3, 0.4) is 0 Å². The standard InChI is InChI=1S/C33H66N4O2/c1-23(2)30-34(13)16-14-17-36(30)26(7)20-29-21-37(33(12,39-29)32(9,10)11)27(8)19-28-15-18-35(25(5)6)31(24(3)4)38-22-28/h23-31H,14-22H2,1-13H3. The van der Waals surface area contributed by atoms with Crippen LogP contribution in [0.2, 0.25) is 0 Å². The summed E-state index contributed by atoms with van der Waals surface area (Å²) in [6.07, 6.45) is 5.75. The zero-order valence-corrected chi connectivity index (χ0v) is 28.2. The smallest absolute Gasteiger partial charge is 0.124 e. The van der Waals surface area contributed by atoms with Crippen molar-refractivity contribution in [3.63, 3.8) is 0 Å². The van der Waals surface area contributed by atoms with Crippen molar-refractivity contribution in [3.05, 3.63) is 0 Å². The van der Waals surface area contributed by atoms with Crippen LogP contribution < -0.4 is 0 Å². The van der Waals surface area contributed by atoms with Crippen LogP contribution in [0.1, 0.15) is 109 Å². The van der Waals surface area contributed by atoms with Crippen molar-refractivity contribution in [2.75, 3.05) is 39.8 Å². The Bertz CT molecular complexity index is 734. The third-order valence-corrected chi connectivity index (χ3v) is 10.3. The number of nitrogens with zero attached hydrogens (tertiary/aromatic N) is 4. The number of rotatable bonds is 9. The van der Waals surface area contributed by atoms with Crippen LogP contribution in [0, 0.1) is 23.2 Å². The summed E-state index contributed by atoms with van der Waals surface area (Å²) in [5.74, 6) is 1.72. The molecule has 0 N–H and O–H groups in total. The first-order valence-corrected chi connectivity index (χ1v) is 16.3. The van der Waals surface area contributed by atoms with Gasteiger partial charge in [0.1, 0.15) is 12.0 Å². The molecule has 0 saturated carbocycles. The number of ether oxygens (including phenoxy) is 2. The molecule has 0 aromatic rings. The maximum Gasteiger partial charge on any atom is 0.124 e. The summed E-state index contributed by atoms with van der Waals surface area (Å²) in [6.45, 7) is 33.7. The first-order chi connectivity index (χ1) is 18.1. The number of hydrogen-bond acceptors (Lipinski definition) is 6. The second kappa shape index (κ2) is 13.4.